The third-order valence-electron chi connectivity index (χ3n) is 3.04. The predicted molar refractivity (Wildman–Crippen MR) is 56.3 cm³/mol. The van der Waals surface area contributed by atoms with Crippen LogP contribution in [0.25, 0.3) is 5.83 Å². The molecule has 1 aromatic carbocycles. The Hall–Kier alpha value is -2.16. The van der Waals surface area contributed by atoms with Gasteiger partial charge in [0.15, 0.2) is 29.1 Å². The molecule has 16 heteroatoms. The third-order valence-corrected chi connectivity index (χ3v) is 3.04. The van der Waals surface area contributed by atoms with E-state index >= 15 is 0 Å². The minimum atomic E-state index is -7.79. The zero-order valence-corrected chi connectivity index (χ0v) is 12.0. The second-order valence-electron chi connectivity index (χ2n) is 4.79. The molecule has 0 heterocycles. The summed E-state index contributed by atoms with van der Waals surface area (Å²) >= 11 is 0. The maximum atomic E-state index is 13.5. The average molecular weight is 448 g/mol. The van der Waals surface area contributed by atoms with E-state index in [1.54, 1.807) is 0 Å². The topological polar surface area (TPSA) is 0 Å². The lowest BCUT2D eigenvalue weighted by atomic mass is 10.0. The molecule has 160 valence electrons. The molecule has 28 heavy (non-hydrogen) atoms. The van der Waals surface area contributed by atoms with Gasteiger partial charge in [0.25, 0.3) is 0 Å². The molecule has 0 spiro atoms. The highest BCUT2D eigenvalue weighted by molar-refractivity contribution is 5.64. The van der Waals surface area contributed by atoms with E-state index in [1.807, 2.05) is 0 Å². The molecular weight excluding hydrogens is 448 g/mol. The Labute approximate surface area is 142 Å². The molecule has 0 bridgehead atoms. The molecule has 0 unspecified atom stereocenters. The van der Waals surface area contributed by atoms with Gasteiger partial charge in [0.05, 0.1) is 5.56 Å². The number of allylic oxidation sites excluding steroid dienone is 1. The second kappa shape index (κ2) is 6.72. The molecule has 1 rings (SSSR count). The highest BCUT2D eigenvalue weighted by Gasteiger charge is 2.83. The Balaban J connectivity index is 3.80. The Kier molecular flexibility index (Phi) is 5.73. The minimum Gasteiger partial charge on any atom is -0.203 e. The van der Waals surface area contributed by atoms with Crippen molar-refractivity contribution < 1.29 is 70.2 Å². The summed E-state index contributed by atoms with van der Waals surface area (Å²) in [5.41, 5.74) is -3.24. The van der Waals surface area contributed by atoms with Gasteiger partial charge >= 0.3 is 23.9 Å². The van der Waals surface area contributed by atoms with Gasteiger partial charge in [-0.3, -0.25) is 0 Å². The number of rotatable bonds is 4. The summed E-state index contributed by atoms with van der Waals surface area (Å²) in [6, 6.07) is 0. The molecule has 1 aromatic rings. The molecule has 0 aliphatic rings. The first-order chi connectivity index (χ1) is 12.2. The Morgan fingerprint density at radius 1 is 0.500 bits per heavy atom. The molecule has 0 aliphatic heterocycles. The van der Waals surface area contributed by atoms with Gasteiger partial charge in [0.1, 0.15) is 0 Å². The van der Waals surface area contributed by atoms with Gasteiger partial charge in [0, 0.05) is 0 Å². The van der Waals surface area contributed by atoms with E-state index in [0.717, 1.165) is 0 Å². The van der Waals surface area contributed by atoms with E-state index in [0.29, 0.717) is 0 Å². The van der Waals surface area contributed by atoms with Gasteiger partial charge < -0.3 is 0 Å². The molecule has 0 nitrogen and oxygen atoms in total. The minimum absolute atomic E-state index is 3.03. The van der Waals surface area contributed by atoms with Crippen LogP contribution in [-0.4, -0.2) is 23.9 Å². The fourth-order valence-corrected chi connectivity index (χ4v) is 1.56. The molecular formula is C12F16. The van der Waals surface area contributed by atoms with Crippen molar-refractivity contribution in [3.63, 3.8) is 0 Å². The van der Waals surface area contributed by atoms with Crippen LogP contribution in [0.1, 0.15) is 5.56 Å². The molecule has 0 saturated carbocycles. The predicted octanol–water partition coefficient (Wildman–Crippen LogP) is 6.46. The standard InChI is InChI=1S/C12F16/c13-2-1(3(14)6(17)7(18)5(2)16)4(15)8(19)9(20,21)10(22,23)11(24,25)12(26,27)28. The Morgan fingerprint density at radius 3 is 1.14 bits per heavy atom. The second-order valence-corrected chi connectivity index (χ2v) is 4.79. The summed E-state index contributed by atoms with van der Waals surface area (Å²) < 4.78 is 205. The van der Waals surface area contributed by atoms with Gasteiger partial charge in [-0.25, -0.2) is 30.7 Å². The van der Waals surface area contributed by atoms with Gasteiger partial charge in [0.2, 0.25) is 11.6 Å². The van der Waals surface area contributed by atoms with Crippen molar-refractivity contribution in [2.75, 3.05) is 0 Å². The van der Waals surface area contributed by atoms with Crippen molar-refractivity contribution in [2.24, 2.45) is 0 Å². The zero-order valence-electron chi connectivity index (χ0n) is 12.0. The van der Waals surface area contributed by atoms with Crippen LogP contribution in [0.5, 0.6) is 0 Å². The van der Waals surface area contributed by atoms with Crippen LogP contribution in [-0.2, 0) is 0 Å². The van der Waals surface area contributed by atoms with E-state index in [9.17, 15) is 70.2 Å². The SMILES string of the molecule is FC(=C(F)C(F)(F)C(F)(F)C(F)(F)C(F)(F)F)c1c(F)c(F)c(F)c(F)c1F. The average Bonchev–Trinajstić information content (AvgIpc) is 2.56. The molecule has 0 amide bonds. The molecule has 0 N–H and O–H groups in total. The molecule has 0 aromatic heterocycles. The normalized spacial score (nSPS) is 15.0. The van der Waals surface area contributed by atoms with E-state index in [1.165, 1.54) is 0 Å². The maximum absolute atomic E-state index is 13.5. The van der Waals surface area contributed by atoms with Crippen molar-refractivity contribution in [1.29, 1.82) is 0 Å². The first-order valence-corrected chi connectivity index (χ1v) is 6.02. The van der Waals surface area contributed by atoms with Crippen molar-refractivity contribution >= 4 is 5.83 Å². The Morgan fingerprint density at radius 2 is 0.821 bits per heavy atom. The summed E-state index contributed by atoms with van der Waals surface area (Å²) in [6.45, 7) is 0. The van der Waals surface area contributed by atoms with Crippen LogP contribution < -0.4 is 0 Å². The molecule has 0 saturated heterocycles. The van der Waals surface area contributed by atoms with Gasteiger partial charge in [-0.2, -0.15) is 39.5 Å². The van der Waals surface area contributed by atoms with Crippen molar-refractivity contribution in [3.8, 4) is 0 Å². The zero-order chi connectivity index (χ0) is 22.6. The Bertz CT molecular complexity index is 785. The smallest absolute Gasteiger partial charge is 0.203 e. The van der Waals surface area contributed by atoms with Crippen molar-refractivity contribution in [2.45, 2.75) is 23.9 Å². The third kappa shape index (κ3) is 3.15. The highest BCUT2D eigenvalue weighted by atomic mass is 19.4. The summed E-state index contributed by atoms with van der Waals surface area (Å²) in [6.07, 6.45) is -7.44. The van der Waals surface area contributed by atoms with E-state index in [2.05, 4.69) is 0 Å². The van der Waals surface area contributed by atoms with Crippen LogP contribution in [0.4, 0.5) is 70.2 Å². The number of hydrogen-bond acceptors (Lipinski definition) is 0. The van der Waals surface area contributed by atoms with Crippen LogP contribution in [0.2, 0.25) is 0 Å². The lowest BCUT2D eigenvalue weighted by Gasteiger charge is -2.32. The van der Waals surface area contributed by atoms with Gasteiger partial charge in [-0.15, -0.1) is 0 Å². The lowest BCUT2D eigenvalue weighted by Crippen LogP contribution is -2.61. The monoisotopic (exact) mass is 448 g/mol. The molecule has 0 fully saturated rings. The maximum Gasteiger partial charge on any atom is 0.460 e. The molecule has 0 radical (unpaired) electrons. The summed E-state index contributed by atoms with van der Waals surface area (Å²) in [5.74, 6) is -47.6. The lowest BCUT2D eigenvalue weighted by molar-refractivity contribution is -0.391. The van der Waals surface area contributed by atoms with Crippen LogP contribution in [0, 0.1) is 29.1 Å². The number of alkyl halides is 9. The van der Waals surface area contributed by atoms with E-state index in [-0.39, 0.29) is 0 Å². The fourth-order valence-electron chi connectivity index (χ4n) is 1.56. The highest BCUT2D eigenvalue weighted by Crippen LogP contribution is 2.56. The van der Waals surface area contributed by atoms with Gasteiger partial charge in [-0.05, 0) is 0 Å². The van der Waals surface area contributed by atoms with Crippen molar-refractivity contribution in [3.05, 3.63) is 40.5 Å². The fraction of sp³-hybridized carbons (Fsp3) is 0.333. The number of benzene rings is 1. The number of hydrogen-bond donors (Lipinski definition) is 0. The van der Waals surface area contributed by atoms with Crippen LogP contribution in [0.3, 0.4) is 0 Å². The largest absolute Gasteiger partial charge is 0.460 e. The molecule has 0 atom stereocenters. The van der Waals surface area contributed by atoms with Crippen molar-refractivity contribution in [1.82, 2.24) is 0 Å². The van der Waals surface area contributed by atoms with Crippen LogP contribution >= 0.6 is 0 Å². The summed E-state index contributed by atoms with van der Waals surface area (Å²) in [5, 5.41) is 0. The summed E-state index contributed by atoms with van der Waals surface area (Å²) in [7, 11) is 0. The summed E-state index contributed by atoms with van der Waals surface area (Å²) in [4.78, 5) is 0. The quantitative estimate of drug-likeness (QED) is 0.282. The first kappa shape index (κ1) is 23.9. The number of halogens is 16. The van der Waals surface area contributed by atoms with Gasteiger partial charge in [-0.1, -0.05) is 0 Å². The van der Waals surface area contributed by atoms with E-state index in [4.69, 9.17) is 0 Å². The first-order valence-electron chi connectivity index (χ1n) is 6.02. The van der Waals surface area contributed by atoms with Crippen LogP contribution in [0.15, 0.2) is 5.83 Å². The molecule has 0 aliphatic carbocycles. The van der Waals surface area contributed by atoms with E-state index < -0.39 is 70.2 Å².